The van der Waals surface area contributed by atoms with Crippen LogP contribution in [-0.2, 0) is 20.7 Å². The second kappa shape index (κ2) is 20.0. The second-order valence-corrected chi connectivity index (χ2v) is 11.4. The molecule has 2 aromatic carbocycles. The van der Waals surface area contributed by atoms with Gasteiger partial charge < -0.3 is 20.1 Å². The maximum atomic E-state index is 11.7. The van der Waals surface area contributed by atoms with Crippen molar-refractivity contribution in [1.82, 2.24) is 0 Å². The predicted molar refractivity (Wildman–Crippen MR) is 169 cm³/mol. The average molecular weight is 579 g/mol. The minimum absolute atomic E-state index is 0.00214. The fourth-order valence-corrected chi connectivity index (χ4v) is 5.27. The molecule has 0 aromatic heterocycles. The van der Waals surface area contributed by atoms with E-state index in [4.69, 9.17) is 14.9 Å². The number of rotatable bonds is 16. The number of ether oxygens (including phenoxy) is 1. The monoisotopic (exact) mass is 578 g/mol. The molecular formula is C36H50O6. The van der Waals surface area contributed by atoms with E-state index in [0.29, 0.717) is 18.1 Å². The van der Waals surface area contributed by atoms with E-state index < -0.39 is 12.6 Å². The lowest BCUT2D eigenvalue weighted by molar-refractivity contribution is -0.141. The first-order valence-corrected chi connectivity index (χ1v) is 15.3. The fourth-order valence-electron chi connectivity index (χ4n) is 5.27. The van der Waals surface area contributed by atoms with Gasteiger partial charge in [-0.3, -0.25) is 4.79 Å². The largest absolute Gasteiger partial charge is 0.462 e. The van der Waals surface area contributed by atoms with Gasteiger partial charge in [-0.1, -0.05) is 81.5 Å². The van der Waals surface area contributed by atoms with Crippen LogP contribution in [0.5, 0.6) is 0 Å². The Morgan fingerprint density at radius 1 is 0.929 bits per heavy atom. The topological polar surface area (TPSA) is 104 Å². The highest BCUT2D eigenvalue weighted by Crippen LogP contribution is 2.38. The van der Waals surface area contributed by atoms with Gasteiger partial charge in [0.25, 0.3) is 0 Å². The number of aliphatic hydroxyl groups excluding tert-OH is 3. The van der Waals surface area contributed by atoms with E-state index in [1.807, 2.05) is 0 Å². The van der Waals surface area contributed by atoms with Crippen molar-refractivity contribution in [2.75, 3.05) is 26.4 Å². The van der Waals surface area contributed by atoms with Gasteiger partial charge >= 0.3 is 5.97 Å². The Balaban J connectivity index is 0.000000928. The number of esters is 1. The lowest BCUT2D eigenvalue weighted by Crippen LogP contribution is -2.21. The Labute approximate surface area is 252 Å². The molecule has 2 aromatic rings. The van der Waals surface area contributed by atoms with Gasteiger partial charge in [0.05, 0.1) is 25.4 Å². The SMILES string of the molecule is C=C(C=O)CO.C=C(CO)C(=O)OCC(CO)CCC1CCC(c2ccc(-c3ccc(CCCCC)cc3)cc2)CC1. The first-order valence-electron chi connectivity index (χ1n) is 15.3. The van der Waals surface area contributed by atoms with Crippen LogP contribution >= 0.6 is 0 Å². The lowest BCUT2D eigenvalue weighted by atomic mass is 9.76. The summed E-state index contributed by atoms with van der Waals surface area (Å²) in [6.45, 7) is 8.44. The number of carbonyl (C=O) groups excluding carboxylic acids is 2. The van der Waals surface area contributed by atoms with Crippen molar-refractivity contribution < 1.29 is 29.6 Å². The van der Waals surface area contributed by atoms with E-state index >= 15 is 0 Å². The molecule has 1 aliphatic carbocycles. The summed E-state index contributed by atoms with van der Waals surface area (Å²) in [7, 11) is 0. The zero-order valence-electron chi connectivity index (χ0n) is 25.3. The van der Waals surface area contributed by atoms with Crippen LogP contribution in [-0.4, -0.2) is 54.0 Å². The highest BCUT2D eigenvalue weighted by Gasteiger charge is 2.23. The third kappa shape index (κ3) is 12.4. The number of carbonyl (C=O) groups is 2. The zero-order chi connectivity index (χ0) is 30.7. The Hall–Kier alpha value is -3.06. The van der Waals surface area contributed by atoms with Gasteiger partial charge in [0.15, 0.2) is 0 Å². The average Bonchev–Trinajstić information content (AvgIpc) is 3.05. The van der Waals surface area contributed by atoms with Crippen LogP contribution in [0.4, 0.5) is 0 Å². The molecule has 1 atom stereocenters. The molecule has 0 saturated heterocycles. The molecule has 1 aliphatic rings. The van der Waals surface area contributed by atoms with Crippen LogP contribution in [0.15, 0.2) is 72.8 Å². The highest BCUT2D eigenvalue weighted by molar-refractivity contribution is 5.87. The smallest absolute Gasteiger partial charge is 0.335 e. The molecule has 0 heterocycles. The molecule has 0 aliphatic heterocycles. The van der Waals surface area contributed by atoms with Crippen molar-refractivity contribution in [3.8, 4) is 11.1 Å². The van der Waals surface area contributed by atoms with Crippen molar-refractivity contribution in [1.29, 1.82) is 0 Å². The van der Waals surface area contributed by atoms with Gasteiger partial charge in [-0.05, 0) is 85.5 Å². The molecule has 1 unspecified atom stereocenters. The molecule has 42 heavy (non-hydrogen) atoms. The second-order valence-electron chi connectivity index (χ2n) is 11.4. The zero-order valence-corrected chi connectivity index (χ0v) is 25.3. The Bertz CT molecular complexity index is 1080. The van der Waals surface area contributed by atoms with Crippen LogP contribution in [0, 0.1) is 11.8 Å². The van der Waals surface area contributed by atoms with Crippen LogP contribution < -0.4 is 0 Å². The van der Waals surface area contributed by atoms with Gasteiger partial charge in [-0.25, -0.2) is 4.79 Å². The number of hydrogen-bond donors (Lipinski definition) is 3. The van der Waals surface area contributed by atoms with E-state index in [1.165, 1.54) is 73.6 Å². The third-order valence-corrected chi connectivity index (χ3v) is 8.13. The van der Waals surface area contributed by atoms with E-state index in [1.54, 1.807) is 0 Å². The summed E-state index contributed by atoms with van der Waals surface area (Å²) in [4.78, 5) is 21.1. The maximum absolute atomic E-state index is 11.7. The molecule has 0 radical (unpaired) electrons. The van der Waals surface area contributed by atoms with Crippen LogP contribution in [0.2, 0.25) is 0 Å². The number of hydrogen-bond acceptors (Lipinski definition) is 6. The summed E-state index contributed by atoms with van der Waals surface area (Å²) in [5.74, 6) is 0.641. The number of aliphatic hydroxyl groups is 3. The number of aryl methyl sites for hydroxylation is 1. The summed E-state index contributed by atoms with van der Waals surface area (Å²) < 4.78 is 5.17. The molecule has 3 N–H and O–H groups in total. The van der Waals surface area contributed by atoms with Crippen LogP contribution in [0.25, 0.3) is 11.1 Å². The van der Waals surface area contributed by atoms with Crippen LogP contribution in [0.1, 0.15) is 81.8 Å². The first-order chi connectivity index (χ1) is 20.3. The Kier molecular flexibility index (Phi) is 16.7. The van der Waals surface area contributed by atoms with E-state index in [-0.39, 0.29) is 36.9 Å². The molecular weight excluding hydrogens is 528 g/mol. The lowest BCUT2D eigenvalue weighted by Gasteiger charge is -2.29. The summed E-state index contributed by atoms with van der Waals surface area (Å²) in [6, 6.07) is 18.2. The van der Waals surface area contributed by atoms with Gasteiger partial charge in [0, 0.05) is 18.1 Å². The van der Waals surface area contributed by atoms with E-state index in [0.717, 1.165) is 12.8 Å². The number of benzene rings is 2. The van der Waals surface area contributed by atoms with Gasteiger partial charge in [-0.15, -0.1) is 0 Å². The molecule has 230 valence electrons. The van der Waals surface area contributed by atoms with Crippen molar-refractivity contribution in [2.45, 2.75) is 77.0 Å². The molecule has 3 rings (SSSR count). The molecule has 1 fully saturated rings. The predicted octanol–water partition coefficient (Wildman–Crippen LogP) is 6.57. The van der Waals surface area contributed by atoms with Crippen molar-refractivity contribution >= 4 is 12.3 Å². The van der Waals surface area contributed by atoms with E-state index in [2.05, 4.69) is 68.6 Å². The number of unbranched alkanes of at least 4 members (excludes halogenated alkanes) is 2. The maximum Gasteiger partial charge on any atom is 0.335 e. The summed E-state index contributed by atoms with van der Waals surface area (Å²) >= 11 is 0. The third-order valence-electron chi connectivity index (χ3n) is 8.13. The number of aldehydes is 1. The molecule has 6 nitrogen and oxygen atoms in total. The Morgan fingerprint density at radius 2 is 1.55 bits per heavy atom. The van der Waals surface area contributed by atoms with Crippen LogP contribution in [0.3, 0.4) is 0 Å². The summed E-state index contributed by atoms with van der Waals surface area (Å²) in [5, 5.41) is 26.6. The normalized spacial score (nSPS) is 17.0. The molecule has 1 saturated carbocycles. The molecule has 0 amide bonds. The fraction of sp³-hybridized carbons (Fsp3) is 0.500. The quantitative estimate of drug-likeness (QED) is 0.0900. The molecule has 0 spiro atoms. The van der Waals surface area contributed by atoms with E-state index in [9.17, 15) is 14.7 Å². The van der Waals surface area contributed by atoms with Crippen molar-refractivity contribution in [3.05, 3.63) is 84.0 Å². The van der Waals surface area contributed by atoms with Gasteiger partial charge in [-0.2, -0.15) is 0 Å². The standard InChI is InChI=1S/C32H44O4.C4H6O2/c1-3-4-5-6-25-9-13-28(14-10-25)30-17-19-31(20-18-30)29-15-11-26(12-16-29)7-8-27(22-34)23-36-32(35)24(2)21-33;1-4(2-5)3-6/h9-10,13-14,17-20,26-27,29,33-34H,2-8,11-12,15-16,21-23H2,1H3;2,6H,1,3H2. The summed E-state index contributed by atoms with van der Waals surface area (Å²) in [6.07, 6.45) is 12.2. The van der Waals surface area contributed by atoms with Gasteiger partial charge in [0.1, 0.15) is 6.29 Å². The van der Waals surface area contributed by atoms with Crippen molar-refractivity contribution in [2.24, 2.45) is 11.8 Å². The minimum atomic E-state index is -0.582. The van der Waals surface area contributed by atoms with Gasteiger partial charge in [0.2, 0.25) is 0 Å². The molecule has 0 bridgehead atoms. The molecule has 6 heteroatoms. The minimum Gasteiger partial charge on any atom is -0.462 e. The Morgan fingerprint density at radius 3 is 2.05 bits per heavy atom. The first kappa shape index (κ1) is 35.1. The van der Waals surface area contributed by atoms with Crippen molar-refractivity contribution in [3.63, 3.8) is 0 Å². The highest BCUT2D eigenvalue weighted by atomic mass is 16.5. The summed E-state index contributed by atoms with van der Waals surface area (Å²) in [5.41, 5.74) is 5.71.